The van der Waals surface area contributed by atoms with Crippen molar-refractivity contribution in [1.82, 2.24) is 5.43 Å². The zero-order chi connectivity index (χ0) is 14.6. The van der Waals surface area contributed by atoms with Crippen LogP contribution in [0.15, 0.2) is 12.1 Å². The number of anilines is 1. The van der Waals surface area contributed by atoms with Gasteiger partial charge in [0, 0.05) is 0 Å². The molecule has 0 fully saturated rings. The van der Waals surface area contributed by atoms with Gasteiger partial charge in [-0.2, -0.15) is 0 Å². The first-order valence-electron chi connectivity index (χ1n) is 4.45. The predicted molar refractivity (Wildman–Crippen MR) is 59.2 cm³/mol. The largest absolute Gasteiger partial charge is 0.308 e. The monoisotopic (exact) mass is 271 g/mol. The van der Waals surface area contributed by atoms with Crippen molar-refractivity contribution in [3.8, 4) is 0 Å². The van der Waals surface area contributed by atoms with Crippen molar-refractivity contribution in [2.75, 3.05) is 5.43 Å². The topological polar surface area (TPSA) is 171 Å². The molecule has 0 heterocycles. The minimum absolute atomic E-state index is 0.0921. The Morgan fingerprint density at radius 3 is 1.74 bits per heavy atom. The van der Waals surface area contributed by atoms with E-state index in [1.807, 2.05) is 5.43 Å². The van der Waals surface area contributed by atoms with Crippen molar-refractivity contribution in [1.29, 1.82) is 0 Å². The molecule has 1 amide bonds. The number of carbonyl (C=O) groups excluding carboxylic acids is 1. The molecular formula is C7H5N5O7. The van der Waals surface area contributed by atoms with Gasteiger partial charge < -0.3 is 0 Å². The molecule has 0 atom stereocenters. The number of carbonyl (C=O) groups is 1. The maximum Gasteiger partial charge on any atom is 0.308 e. The van der Waals surface area contributed by atoms with Crippen molar-refractivity contribution >= 4 is 29.2 Å². The van der Waals surface area contributed by atoms with Gasteiger partial charge in [0.1, 0.15) is 0 Å². The number of nitro benzene ring substituents is 3. The number of hydrogen-bond donors (Lipinski definition) is 2. The predicted octanol–water partition coefficient (Wildman–Crippen LogP) is 0.484. The molecule has 1 aromatic carbocycles. The fourth-order valence-electron chi connectivity index (χ4n) is 1.22. The lowest BCUT2D eigenvalue weighted by atomic mass is 10.2. The Bertz CT molecular complexity index is 536. The van der Waals surface area contributed by atoms with Crippen LogP contribution in [0.2, 0.25) is 0 Å². The van der Waals surface area contributed by atoms with E-state index in [9.17, 15) is 35.1 Å². The molecule has 0 aliphatic rings. The second-order valence-corrected chi connectivity index (χ2v) is 3.02. The SMILES string of the molecule is O=CNNc1c([N+](=O)[O-])cc([N+](=O)[O-])cc1[N+](=O)[O-]. The van der Waals surface area contributed by atoms with E-state index in [2.05, 4.69) is 0 Å². The van der Waals surface area contributed by atoms with Gasteiger partial charge >= 0.3 is 11.4 Å². The van der Waals surface area contributed by atoms with Crippen LogP contribution in [0.25, 0.3) is 0 Å². The second-order valence-electron chi connectivity index (χ2n) is 3.02. The normalized spacial score (nSPS) is 9.47. The summed E-state index contributed by atoms with van der Waals surface area (Å²) >= 11 is 0. The molecule has 1 aromatic rings. The lowest BCUT2D eigenvalue weighted by Gasteiger charge is -2.05. The van der Waals surface area contributed by atoms with Gasteiger partial charge in [-0.15, -0.1) is 0 Å². The van der Waals surface area contributed by atoms with E-state index in [4.69, 9.17) is 0 Å². The first-order valence-corrected chi connectivity index (χ1v) is 4.45. The molecule has 100 valence electrons. The molecular weight excluding hydrogens is 266 g/mol. The molecule has 0 bridgehead atoms. The summed E-state index contributed by atoms with van der Waals surface area (Å²) in [5.74, 6) is 0. The zero-order valence-corrected chi connectivity index (χ0v) is 8.93. The van der Waals surface area contributed by atoms with E-state index in [1.54, 1.807) is 5.43 Å². The molecule has 0 spiro atoms. The Labute approximate surface area is 103 Å². The van der Waals surface area contributed by atoms with E-state index in [-0.39, 0.29) is 6.41 Å². The van der Waals surface area contributed by atoms with Crippen LogP contribution in [0.1, 0.15) is 0 Å². The number of rotatable bonds is 6. The second kappa shape index (κ2) is 5.35. The molecule has 0 aliphatic carbocycles. The van der Waals surface area contributed by atoms with Crippen molar-refractivity contribution < 1.29 is 19.6 Å². The van der Waals surface area contributed by atoms with E-state index in [1.165, 1.54) is 0 Å². The summed E-state index contributed by atoms with van der Waals surface area (Å²) in [5, 5.41) is 32.0. The molecule has 0 saturated heterocycles. The third kappa shape index (κ3) is 2.87. The van der Waals surface area contributed by atoms with Gasteiger partial charge in [0.2, 0.25) is 12.1 Å². The molecule has 12 heteroatoms. The van der Waals surface area contributed by atoms with Crippen LogP contribution in [-0.2, 0) is 4.79 Å². The smallest absolute Gasteiger partial charge is 0.287 e. The van der Waals surface area contributed by atoms with Crippen LogP contribution >= 0.6 is 0 Å². The summed E-state index contributed by atoms with van der Waals surface area (Å²) in [6, 6.07) is 1.09. The first-order chi connectivity index (χ1) is 8.88. The molecule has 0 unspecified atom stereocenters. The van der Waals surface area contributed by atoms with Crippen LogP contribution < -0.4 is 10.9 Å². The summed E-state index contributed by atoms with van der Waals surface area (Å²) in [5.41, 5.74) is 0.447. The fraction of sp³-hybridized carbons (Fsp3) is 0. The highest BCUT2D eigenvalue weighted by Gasteiger charge is 2.30. The van der Waals surface area contributed by atoms with Crippen LogP contribution in [0.4, 0.5) is 22.7 Å². The van der Waals surface area contributed by atoms with Crippen LogP contribution in [0.3, 0.4) is 0 Å². The number of non-ortho nitro benzene ring substituents is 1. The van der Waals surface area contributed by atoms with Gasteiger partial charge in [-0.1, -0.05) is 0 Å². The molecule has 0 aliphatic heterocycles. The van der Waals surface area contributed by atoms with Crippen LogP contribution in [-0.4, -0.2) is 21.2 Å². The van der Waals surface area contributed by atoms with Crippen LogP contribution in [0, 0.1) is 30.3 Å². The maximum absolute atomic E-state index is 10.7. The van der Waals surface area contributed by atoms with E-state index in [0.29, 0.717) is 12.1 Å². The Kier molecular flexibility index (Phi) is 3.87. The number of amides is 1. The number of hydrogen-bond acceptors (Lipinski definition) is 8. The lowest BCUT2D eigenvalue weighted by Crippen LogP contribution is -2.20. The maximum atomic E-state index is 10.7. The lowest BCUT2D eigenvalue weighted by molar-refractivity contribution is -0.401. The molecule has 12 nitrogen and oxygen atoms in total. The third-order valence-electron chi connectivity index (χ3n) is 1.94. The minimum Gasteiger partial charge on any atom is -0.287 e. The fourth-order valence-corrected chi connectivity index (χ4v) is 1.22. The highest BCUT2D eigenvalue weighted by atomic mass is 16.6. The van der Waals surface area contributed by atoms with Crippen molar-refractivity contribution in [3.63, 3.8) is 0 Å². The highest BCUT2D eigenvalue weighted by molar-refractivity contribution is 5.77. The van der Waals surface area contributed by atoms with Crippen molar-refractivity contribution in [3.05, 3.63) is 42.5 Å². The summed E-state index contributed by atoms with van der Waals surface area (Å²) in [7, 11) is 0. The Morgan fingerprint density at radius 1 is 0.947 bits per heavy atom. The summed E-state index contributed by atoms with van der Waals surface area (Å²) < 4.78 is 0. The number of nitrogens with one attached hydrogen (secondary N) is 2. The van der Waals surface area contributed by atoms with Gasteiger partial charge in [-0.25, -0.2) is 0 Å². The molecule has 19 heavy (non-hydrogen) atoms. The van der Waals surface area contributed by atoms with Gasteiger partial charge in [0.25, 0.3) is 5.69 Å². The standard InChI is InChI=1S/C7H5N5O7/c13-3-8-9-7-5(11(16)17)1-4(10(14)15)2-6(7)12(18)19/h1-3,9H,(H,8,13). The average molecular weight is 271 g/mol. The summed E-state index contributed by atoms with van der Waals surface area (Å²) in [6.07, 6.45) is 0.0921. The Hall–Kier alpha value is -3.31. The van der Waals surface area contributed by atoms with E-state index in [0.717, 1.165) is 0 Å². The van der Waals surface area contributed by atoms with Gasteiger partial charge in [-0.05, 0) is 0 Å². The zero-order valence-electron chi connectivity index (χ0n) is 8.93. The number of benzene rings is 1. The molecule has 0 radical (unpaired) electrons. The highest BCUT2D eigenvalue weighted by Crippen LogP contribution is 2.37. The minimum atomic E-state index is -1.05. The average Bonchev–Trinajstić information content (AvgIpc) is 2.34. The third-order valence-corrected chi connectivity index (χ3v) is 1.94. The summed E-state index contributed by atoms with van der Waals surface area (Å²) in [6.45, 7) is 0. The number of hydrazine groups is 1. The van der Waals surface area contributed by atoms with E-state index >= 15 is 0 Å². The Balaban J connectivity index is 3.54. The molecule has 1 rings (SSSR count). The van der Waals surface area contributed by atoms with Crippen molar-refractivity contribution in [2.45, 2.75) is 0 Å². The number of nitro groups is 3. The Morgan fingerprint density at radius 2 is 1.42 bits per heavy atom. The van der Waals surface area contributed by atoms with Gasteiger partial charge in [0.05, 0.1) is 26.9 Å². The molecule has 0 saturated carbocycles. The van der Waals surface area contributed by atoms with Gasteiger partial charge in [-0.3, -0.25) is 46.0 Å². The molecule has 2 N–H and O–H groups in total. The molecule has 0 aromatic heterocycles. The quantitative estimate of drug-likeness (QED) is 0.427. The van der Waals surface area contributed by atoms with Crippen molar-refractivity contribution in [2.24, 2.45) is 0 Å². The number of nitrogens with zero attached hydrogens (tertiary/aromatic N) is 3. The van der Waals surface area contributed by atoms with Gasteiger partial charge in [0.15, 0.2) is 0 Å². The van der Waals surface area contributed by atoms with E-state index < -0.39 is 37.5 Å². The summed E-state index contributed by atoms with van der Waals surface area (Å²) in [4.78, 5) is 39.0. The first kappa shape index (κ1) is 13.8. The van der Waals surface area contributed by atoms with Crippen LogP contribution in [0.5, 0.6) is 0 Å².